The molecule has 2 aromatic carbocycles. The van der Waals surface area contributed by atoms with Crippen molar-refractivity contribution >= 4 is 39.1 Å². The predicted octanol–water partition coefficient (Wildman–Crippen LogP) is 6.63. The number of nitrogens with zero attached hydrogens (tertiary/aromatic N) is 5. The zero-order chi connectivity index (χ0) is 30.2. The third-order valence-electron chi connectivity index (χ3n) is 7.09. The second-order valence-corrected chi connectivity index (χ2v) is 10.7. The van der Waals surface area contributed by atoms with Crippen LogP contribution in [0.5, 0.6) is 0 Å². The Kier molecular flexibility index (Phi) is 7.28. The molecule has 43 heavy (non-hydrogen) atoms. The molecular formula is C31H25F2N7O2S. The normalized spacial score (nSPS) is 11.4. The lowest BCUT2D eigenvalue weighted by Crippen LogP contribution is -2.17. The number of carbonyl (C=O) groups is 2. The van der Waals surface area contributed by atoms with E-state index >= 15 is 0 Å². The first kappa shape index (κ1) is 27.9. The van der Waals surface area contributed by atoms with Gasteiger partial charge in [-0.25, -0.2) is 18.4 Å². The smallest absolute Gasteiger partial charge is 0.280 e. The Morgan fingerprint density at radius 2 is 1.74 bits per heavy atom. The van der Waals surface area contributed by atoms with Gasteiger partial charge in [0.15, 0.2) is 0 Å². The van der Waals surface area contributed by atoms with Crippen LogP contribution in [0.25, 0.3) is 38.3 Å². The molecule has 0 saturated heterocycles. The first-order chi connectivity index (χ1) is 20.8. The average Bonchev–Trinajstić information content (AvgIpc) is 3.73. The van der Waals surface area contributed by atoms with Crippen LogP contribution in [-0.4, -0.2) is 36.4 Å². The second kappa shape index (κ2) is 11.2. The van der Waals surface area contributed by atoms with Crippen LogP contribution >= 0.6 is 11.3 Å². The summed E-state index contributed by atoms with van der Waals surface area (Å²) < 4.78 is 31.2. The highest BCUT2D eigenvalue weighted by Crippen LogP contribution is 2.43. The van der Waals surface area contributed by atoms with E-state index in [9.17, 15) is 18.4 Å². The Bertz CT molecular complexity index is 1980. The number of aromatic nitrogens is 5. The summed E-state index contributed by atoms with van der Waals surface area (Å²) in [6.45, 7) is 4.30. The van der Waals surface area contributed by atoms with Crippen LogP contribution < -0.4 is 11.1 Å². The van der Waals surface area contributed by atoms with Crippen molar-refractivity contribution in [2.75, 3.05) is 5.32 Å². The van der Waals surface area contributed by atoms with Crippen LogP contribution in [0.4, 0.5) is 14.5 Å². The maximum atomic E-state index is 14.0. The molecule has 4 aromatic heterocycles. The Morgan fingerprint density at radius 3 is 2.37 bits per heavy atom. The van der Waals surface area contributed by atoms with Crippen LogP contribution in [0.3, 0.4) is 0 Å². The standard InChI is InChI=1S/C31H25F2N7O2S/c1-3-39-17(2)21(15-35-39)20-14-23(28(32)33)36-31-24(20)26(27(43-31)29(34)41)37-30(42)22-16-40(19-12-8-5-9-13-19)38-25(22)18-10-6-4-7-11-18/h4-16,28H,3H2,1-2H3,(H2,34,41)(H,37,42). The highest BCUT2D eigenvalue weighted by molar-refractivity contribution is 7.21. The van der Waals surface area contributed by atoms with Crippen LogP contribution in [0.2, 0.25) is 0 Å². The number of aryl methyl sites for hydroxylation is 1. The molecule has 0 unspecified atom stereocenters. The van der Waals surface area contributed by atoms with Gasteiger partial charge >= 0.3 is 0 Å². The molecule has 6 rings (SSSR count). The summed E-state index contributed by atoms with van der Waals surface area (Å²) in [7, 11) is 0. The Balaban J connectivity index is 1.54. The van der Waals surface area contributed by atoms with E-state index in [-0.39, 0.29) is 21.0 Å². The topological polar surface area (TPSA) is 121 Å². The van der Waals surface area contributed by atoms with Crippen LogP contribution in [-0.2, 0) is 6.54 Å². The summed E-state index contributed by atoms with van der Waals surface area (Å²) >= 11 is 0.849. The molecule has 216 valence electrons. The van der Waals surface area contributed by atoms with Gasteiger partial charge in [0.25, 0.3) is 18.2 Å². The fourth-order valence-corrected chi connectivity index (χ4v) is 6.02. The number of primary amides is 1. The maximum Gasteiger partial charge on any atom is 0.280 e. The number of alkyl halides is 2. The van der Waals surface area contributed by atoms with Crippen LogP contribution in [0.15, 0.2) is 79.1 Å². The minimum Gasteiger partial charge on any atom is -0.365 e. The van der Waals surface area contributed by atoms with Crippen molar-refractivity contribution in [2.24, 2.45) is 5.73 Å². The summed E-state index contributed by atoms with van der Waals surface area (Å²) in [6.07, 6.45) is 0.321. The molecule has 0 aliphatic heterocycles. The first-order valence-electron chi connectivity index (χ1n) is 13.4. The largest absolute Gasteiger partial charge is 0.365 e. The number of carbonyl (C=O) groups excluding carboxylic acids is 2. The number of rotatable bonds is 8. The van der Waals surface area contributed by atoms with Gasteiger partial charge in [0.2, 0.25) is 0 Å². The highest BCUT2D eigenvalue weighted by atomic mass is 32.1. The molecule has 3 N–H and O–H groups in total. The van der Waals surface area contributed by atoms with Gasteiger partial charge in [-0.05, 0) is 37.6 Å². The number of nitrogens with two attached hydrogens (primary N) is 1. The van der Waals surface area contributed by atoms with Crippen LogP contribution in [0, 0.1) is 6.92 Å². The van der Waals surface area contributed by atoms with Gasteiger partial charge in [-0.3, -0.25) is 14.3 Å². The fourth-order valence-electron chi connectivity index (χ4n) is 5.01. The van der Waals surface area contributed by atoms with Gasteiger partial charge < -0.3 is 11.1 Å². The van der Waals surface area contributed by atoms with Crippen molar-refractivity contribution in [3.05, 3.63) is 101 Å². The zero-order valence-electron chi connectivity index (χ0n) is 23.1. The van der Waals surface area contributed by atoms with Gasteiger partial charge in [-0.15, -0.1) is 11.3 Å². The summed E-state index contributed by atoms with van der Waals surface area (Å²) in [5, 5.41) is 12.3. The van der Waals surface area contributed by atoms with Gasteiger partial charge in [0, 0.05) is 34.9 Å². The van der Waals surface area contributed by atoms with E-state index in [1.807, 2.05) is 74.5 Å². The number of fused-ring (bicyclic) bond motifs is 1. The molecule has 6 aromatic rings. The van der Waals surface area contributed by atoms with E-state index in [0.717, 1.165) is 22.7 Å². The van der Waals surface area contributed by atoms with E-state index in [0.29, 0.717) is 34.3 Å². The van der Waals surface area contributed by atoms with Gasteiger partial charge in [-0.2, -0.15) is 10.2 Å². The fraction of sp³-hybridized carbons (Fsp3) is 0.129. The number of anilines is 1. The second-order valence-electron chi connectivity index (χ2n) is 9.70. The number of hydrogen-bond donors (Lipinski definition) is 2. The molecule has 0 fully saturated rings. The number of benzene rings is 2. The number of halogens is 2. The number of para-hydroxylation sites is 1. The average molecular weight is 598 g/mol. The summed E-state index contributed by atoms with van der Waals surface area (Å²) in [5.74, 6) is -1.39. The molecule has 0 aliphatic carbocycles. The molecule has 12 heteroatoms. The summed E-state index contributed by atoms with van der Waals surface area (Å²) in [5.41, 5.74) is 9.15. The summed E-state index contributed by atoms with van der Waals surface area (Å²) in [4.78, 5) is 30.9. The number of nitrogens with one attached hydrogen (secondary N) is 1. The zero-order valence-corrected chi connectivity index (χ0v) is 23.9. The minimum absolute atomic E-state index is 0.0132. The molecule has 2 amide bonds. The van der Waals surface area contributed by atoms with Gasteiger partial charge in [0.1, 0.15) is 21.1 Å². The predicted molar refractivity (Wildman–Crippen MR) is 162 cm³/mol. The quantitative estimate of drug-likeness (QED) is 0.204. The van der Waals surface area contributed by atoms with Crippen molar-refractivity contribution in [3.63, 3.8) is 0 Å². The third kappa shape index (κ3) is 5.06. The molecular weight excluding hydrogens is 572 g/mol. The Hall–Kier alpha value is -5.23. The molecule has 0 atom stereocenters. The SMILES string of the molecule is CCn1ncc(-c2cc(C(F)F)nc3sc(C(N)=O)c(NC(=O)c4cn(-c5ccccc5)nc4-c4ccccc4)c23)c1C. The molecule has 0 aliphatic rings. The van der Waals surface area contributed by atoms with E-state index in [1.165, 1.54) is 6.07 Å². The lowest BCUT2D eigenvalue weighted by Gasteiger charge is -2.11. The third-order valence-corrected chi connectivity index (χ3v) is 8.19. The monoisotopic (exact) mass is 597 g/mol. The van der Waals surface area contributed by atoms with E-state index in [1.54, 1.807) is 21.8 Å². The molecule has 4 heterocycles. The Morgan fingerprint density at radius 1 is 1.05 bits per heavy atom. The first-order valence-corrected chi connectivity index (χ1v) is 14.2. The van der Waals surface area contributed by atoms with Crippen molar-refractivity contribution in [3.8, 4) is 28.1 Å². The number of pyridine rings is 1. The number of thiophene rings is 1. The molecule has 0 spiro atoms. The Labute approximate surface area is 248 Å². The van der Waals surface area contributed by atoms with Crippen molar-refractivity contribution in [2.45, 2.75) is 26.8 Å². The molecule has 9 nitrogen and oxygen atoms in total. The molecule has 0 saturated carbocycles. The van der Waals surface area contributed by atoms with Crippen LogP contribution in [0.1, 0.15) is 44.8 Å². The summed E-state index contributed by atoms with van der Waals surface area (Å²) in [6, 6.07) is 19.8. The van der Waals surface area contributed by atoms with Gasteiger partial charge in [0.05, 0.1) is 23.1 Å². The maximum absolute atomic E-state index is 14.0. The lowest BCUT2D eigenvalue weighted by molar-refractivity contribution is 0.100. The molecule has 0 bridgehead atoms. The van der Waals surface area contributed by atoms with Crippen molar-refractivity contribution in [1.82, 2.24) is 24.5 Å². The number of amides is 2. The van der Waals surface area contributed by atoms with Crippen molar-refractivity contribution < 1.29 is 18.4 Å². The van der Waals surface area contributed by atoms with Gasteiger partial charge in [-0.1, -0.05) is 48.5 Å². The van der Waals surface area contributed by atoms with E-state index in [4.69, 9.17) is 10.8 Å². The lowest BCUT2D eigenvalue weighted by atomic mass is 10.0. The van der Waals surface area contributed by atoms with E-state index < -0.39 is 23.9 Å². The van der Waals surface area contributed by atoms with Crippen molar-refractivity contribution in [1.29, 1.82) is 0 Å². The highest BCUT2D eigenvalue weighted by Gasteiger charge is 2.28. The molecule has 0 radical (unpaired) electrons. The number of hydrogen-bond acceptors (Lipinski definition) is 6. The van der Waals surface area contributed by atoms with E-state index in [2.05, 4.69) is 15.4 Å². The minimum atomic E-state index is -2.86.